The zero-order valence-electron chi connectivity index (χ0n) is 13.5. The summed E-state index contributed by atoms with van der Waals surface area (Å²) in [6.45, 7) is 5.10. The van der Waals surface area contributed by atoms with Gasteiger partial charge in [-0.3, -0.25) is 9.78 Å². The molecule has 1 saturated heterocycles. The first-order valence-electron chi connectivity index (χ1n) is 7.78. The van der Waals surface area contributed by atoms with Gasteiger partial charge in [-0.25, -0.2) is 4.79 Å². The topological polar surface area (TPSA) is 65.5 Å². The standard InChI is InChI=1S/C16H24N4O2/c1-4-5-6-14-15(21)19(3)9-10-20(14)16(22)18-13-8-7-12(2)17-11-13/h7-8,11,14H,4-6,9-10H2,1-3H3,(H,18,22). The number of carbonyl (C=O) groups excluding carboxylic acids is 2. The molecule has 1 aromatic rings. The average molecular weight is 304 g/mol. The molecule has 22 heavy (non-hydrogen) atoms. The third-order valence-corrected chi connectivity index (χ3v) is 3.97. The highest BCUT2D eigenvalue weighted by Crippen LogP contribution is 2.18. The summed E-state index contributed by atoms with van der Waals surface area (Å²) in [5.41, 5.74) is 1.55. The summed E-state index contributed by atoms with van der Waals surface area (Å²) in [6, 6.07) is 3.07. The molecule has 1 N–H and O–H groups in total. The van der Waals surface area contributed by atoms with Gasteiger partial charge in [0.05, 0.1) is 11.9 Å². The zero-order valence-corrected chi connectivity index (χ0v) is 13.5. The van der Waals surface area contributed by atoms with E-state index in [0.29, 0.717) is 25.2 Å². The van der Waals surface area contributed by atoms with Crippen molar-refractivity contribution in [1.82, 2.24) is 14.8 Å². The van der Waals surface area contributed by atoms with Gasteiger partial charge in [0.1, 0.15) is 6.04 Å². The molecule has 1 fully saturated rings. The average Bonchev–Trinajstić information content (AvgIpc) is 2.51. The molecule has 6 nitrogen and oxygen atoms in total. The predicted octanol–water partition coefficient (Wildman–Crippen LogP) is 2.25. The first kappa shape index (κ1) is 16.3. The fourth-order valence-corrected chi connectivity index (χ4v) is 2.57. The highest BCUT2D eigenvalue weighted by molar-refractivity contribution is 5.94. The highest BCUT2D eigenvalue weighted by Gasteiger charge is 2.35. The molecule has 6 heteroatoms. The molecule has 3 amide bonds. The number of nitrogens with zero attached hydrogens (tertiary/aromatic N) is 3. The van der Waals surface area contributed by atoms with Crippen LogP contribution in [0.5, 0.6) is 0 Å². The van der Waals surface area contributed by atoms with Crippen molar-refractivity contribution in [3.8, 4) is 0 Å². The fraction of sp³-hybridized carbons (Fsp3) is 0.562. The lowest BCUT2D eigenvalue weighted by molar-refractivity contribution is -0.138. The van der Waals surface area contributed by atoms with Crippen molar-refractivity contribution in [3.05, 3.63) is 24.0 Å². The Morgan fingerprint density at radius 2 is 2.18 bits per heavy atom. The lowest BCUT2D eigenvalue weighted by atomic mass is 10.0. The van der Waals surface area contributed by atoms with Gasteiger partial charge in [0, 0.05) is 25.8 Å². The Morgan fingerprint density at radius 1 is 1.41 bits per heavy atom. The molecule has 1 aliphatic rings. The van der Waals surface area contributed by atoms with Crippen LogP contribution in [0.25, 0.3) is 0 Å². The number of pyridine rings is 1. The van der Waals surface area contributed by atoms with Crippen LogP contribution in [0.1, 0.15) is 31.9 Å². The zero-order chi connectivity index (χ0) is 16.1. The maximum absolute atomic E-state index is 12.5. The van der Waals surface area contributed by atoms with Gasteiger partial charge >= 0.3 is 6.03 Å². The largest absolute Gasteiger partial charge is 0.342 e. The van der Waals surface area contributed by atoms with E-state index in [1.54, 1.807) is 23.0 Å². The number of anilines is 1. The summed E-state index contributed by atoms with van der Waals surface area (Å²) < 4.78 is 0. The van der Waals surface area contributed by atoms with Crippen LogP contribution in [0.4, 0.5) is 10.5 Å². The van der Waals surface area contributed by atoms with Crippen LogP contribution in [-0.2, 0) is 4.79 Å². The van der Waals surface area contributed by atoms with E-state index in [-0.39, 0.29) is 18.0 Å². The van der Waals surface area contributed by atoms with E-state index in [1.165, 1.54) is 0 Å². The molecule has 1 atom stereocenters. The maximum Gasteiger partial charge on any atom is 0.322 e. The molecule has 1 aromatic heterocycles. The fourth-order valence-electron chi connectivity index (χ4n) is 2.57. The Kier molecular flexibility index (Phi) is 5.35. The lowest BCUT2D eigenvalue weighted by Crippen LogP contribution is -2.58. The molecule has 0 saturated carbocycles. The number of hydrogen-bond acceptors (Lipinski definition) is 3. The molecular weight excluding hydrogens is 280 g/mol. The number of hydrogen-bond donors (Lipinski definition) is 1. The van der Waals surface area contributed by atoms with Crippen LogP contribution in [0, 0.1) is 6.92 Å². The number of likely N-dealkylation sites (N-methyl/N-ethyl adjacent to an activating group) is 1. The first-order valence-corrected chi connectivity index (χ1v) is 7.78. The van der Waals surface area contributed by atoms with E-state index >= 15 is 0 Å². The molecule has 1 aliphatic heterocycles. The number of nitrogens with one attached hydrogen (secondary N) is 1. The van der Waals surface area contributed by atoms with E-state index < -0.39 is 0 Å². The Hall–Kier alpha value is -2.11. The number of carbonyl (C=O) groups is 2. The second-order valence-electron chi connectivity index (χ2n) is 5.73. The van der Waals surface area contributed by atoms with E-state index in [9.17, 15) is 9.59 Å². The minimum absolute atomic E-state index is 0.0249. The molecule has 0 bridgehead atoms. The SMILES string of the molecule is CCCCC1C(=O)N(C)CCN1C(=O)Nc1ccc(C)nc1. The van der Waals surface area contributed by atoms with Gasteiger partial charge in [-0.05, 0) is 25.5 Å². The molecule has 0 aliphatic carbocycles. The Bertz CT molecular complexity index is 529. The first-order chi connectivity index (χ1) is 10.5. The summed E-state index contributed by atoms with van der Waals surface area (Å²) >= 11 is 0. The third-order valence-electron chi connectivity index (χ3n) is 3.97. The van der Waals surface area contributed by atoms with Gasteiger partial charge in [-0.15, -0.1) is 0 Å². The molecular formula is C16H24N4O2. The van der Waals surface area contributed by atoms with Gasteiger partial charge in [0.25, 0.3) is 0 Å². The second kappa shape index (κ2) is 7.24. The predicted molar refractivity (Wildman–Crippen MR) is 85.6 cm³/mol. The van der Waals surface area contributed by atoms with Gasteiger partial charge in [0.2, 0.25) is 5.91 Å². The summed E-state index contributed by atoms with van der Waals surface area (Å²) in [4.78, 5) is 32.4. The molecule has 0 radical (unpaired) electrons. The minimum Gasteiger partial charge on any atom is -0.342 e. The highest BCUT2D eigenvalue weighted by atomic mass is 16.2. The van der Waals surface area contributed by atoms with Crippen molar-refractivity contribution in [2.75, 3.05) is 25.5 Å². The van der Waals surface area contributed by atoms with Crippen molar-refractivity contribution >= 4 is 17.6 Å². The number of amides is 3. The summed E-state index contributed by atoms with van der Waals surface area (Å²) in [7, 11) is 1.79. The van der Waals surface area contributed by atoms with Crippen LogP contribution in [-0.4, -0.2) is 52.9 Å². The molecule has 1 unspecified atom stereocenters. The molecule has 2 heterocycles. The van der Waals surface area contributed by atoms with Gasteiger partial charge < -0.3 is 15.1 Å². The smallest absolute Gasteiger partial charge is 0.322 e. The van der Waals surface area contributed by atoms with Crippen molar-refractivity contribution in [2.24, 2.45) is 0 Å². The summed E-state index contributed by atoms with van der Waals surface area (Å²) in [6.07, 6.45) is 4.27. The number of unbranched alkanes of at least 4 members (excludes halogenated alkanes) is 1. The maximum atomic E-state index is 12.5. The Morgan fingerprint density at radius 3 is 2.82 bits per heavy atom. The lowest BCUT2D eigenvalue weighted by Gasteiger charge is -2.39. The molecule has 2 rings (SSSR count). The summed E-state index contributed by atoms with van der Waals surface area (Å²) in [5, 5.41) is 2.83. The number of aromatic nitrogens is 1. The van der Waals surface area contributed by atoms with Crippen molar-refractivity contribution < 1.29 is 9.59 Å². The second-order valence-corrected chi connectivity index (χ2v) is 5.73. The van der Waals surface area contributed by atoms with Crippen LogP contribution in [0.3, 0.4) is 0 Å². The normalized spacial score (nSPS) is 18.5. The van der Waals surface area contributed by atoms with Gasteiger partial charge in [0.15, 0.2) is 0 Å². The van der Waals surface area contributed by atoms with Crippen LogP contribution < -0.4 is 5.32 Å². The number of aryl methyl sites for hydroxylation is 1. The van der Waals surface area contributed by atoms with Crippen LogP contribution in [0.15, 0.2) is 18.3 Å². The quantitative estimate of drug-likeness (QED) is 0.928. The molecule has 0 spiro atoms. The number of urea groups is 1. The summed E-state index contributed by atoms with van der Waals surface area (Å²) in [5.74, 6) is 0.0249. The van der Waals surface area contributed by atoms with Crippen LogP contribution >= 0.6 is 0 Å². The third kappa shape index (κ3) is 3.75. The molecule has 120 valence electrons. The van der Waals surface area contributed by atoms with Crippen molar-refractivity contribution in [3.63, 3.8) is 0 Å². The van der Waals surface area contributed by atoms with Gasteiger partial charge in [-0.2, -0.15) is 0 Å². The number of piperazine rings is 1. The van der Waals surface area contributed by atoms with Gasteiger partial charge in [-0.1, -0.05) is 19.8 Å². The van der Waals surface area contributed by atoms with E-state index in [2.05, 4.69) is 17.2 Å². The van der Waals surface area contributed by atoms with Crippen molar-refractivity contribution in [1.29, 1.82) is 0 Å². The minimum atomic E-state index is -0.364. The Labute approximate surface area is 131 Å². The number of rotatable bonds is 4. The Balaban J connectivity index is 2.07. The van der Waals surface area contributed by atoms with Crippen LogP contribution in [0.2, 0.25) is 0 Å². The van der Waals surface area contributed by atoms with E-state index in [0.717, 1.165) is 18.5 Å². The monoisotopic (exact) mass is 304 g/mol. The van der Waals surface area contributed by atoms with Crippen molar-refractivity contribution in [2.45, 2.75) is 39.2 Å². The molecule has 0 aromatic carbocycles. The van der Waals surface area contributed by atoms with E-state index in [4.69, 9.17) is 0 Å². The van der Waals surface area contributed by atoms with E-state index in [1.807, 2.05) is 19.1 Å².